The van der Waals surface area contributed by atoms with Gasteiger partial charge in [0, 0.05) is 59.1 Å². The Balaban J connectivity index is 1.69. The zero-order chi connectivity index (χ0) is 24.8. The van der Waals surface area contributed by atoms with Crippen LogP contribution in [0.5, 0.6) is 0 Å². The molecule has 2 aliphatic rings. The monoisotopic (exact) mass is 466 g/mol. The minimum atomic E-state index is -0.770. The van der Waals surface area contributed by atoms with Crippen LogP contribution in [0.15, 0.2) is 23.2 Å². The predicted molar refractivity (Wildman–Crippen MR) is 125 cm³/mol. The number of aliphatic imine (C=N–C) groups is 1. The van der Waals surface area contributed by atoms with E-state index in [1.165, 1.54) is 0 Å². The number of rotatable bonds is 3. The standard InChI is InChI=1S/C23H30N8O3/c1-16-12-17(13-24)4-5-20(16)29-8-10-30(11-9-29)22(33)18-6-7-31(14-19(18)21(32)27-34)23(26-15-25)28(2)3/h4-5,12,18-19,34H,6-11,14H2,1-3H3,(H,27,32)/t18-,19-/m0/s1. The lowest BCUT2D eigenvalue weighted by Crippen LogP contribution is -2.57. The SMILES string of the molecule is Cc1cc(C#N)ccc1N1CCN(C(=O)[C@H]2CCN(C(=NC#N)N(C)C)C[C@@H]2C(=O)NO)CC1. The molecule has 11 nitrogen and oxygen atoms in total. The van der Waals surface area contributed by atoms with Crippen molar-refractivity contribution in [3.8, 4) is 12.3 Å². The first-order chi connectivity index (χ1) is 16.3. The van der Waals surface area contributed by atoms with Gasteiger partial charge in [-0.3, -0.25) is 14.8 Å². The first-order valence-electron chi connectivity index (χ1n) is 11.2. The molecule has 2 N–H and O–H groups in total. The summed E-state index contributed by atoms with van der Waals surface area (Å²) in [6.07, 6.45) is 2.18. The molecule has 2 fully saturated rings. The number of hydroxylamine groups is 1. The Bertz CT molecular complexity index is 1030. The molecule has 2 atom stereocenters. The number of likely N-dealkylation sites (tertiary alicyclic amines) is 1. The number of nitrogens with zero attached hydrogens (tertiary/aromatic N) is 7. The van der Waals surface area contributed by atoms with Crippen molar-refractivity contribution in [1.82, 2.24) is 20.2 Å². The number of anilines is 1. The van der Waals surface area contributed by atoms with Crippen molar-refractivity contribution in [2.24, 2.45) is 16.8 Å². The molecule has 0 aliphatic carbocycles. The molecule has 0 radical (unpaired) electrons. The molecule has 0 saturated carbocycles. The van der Waals surface area contributed by atoms with Crippen LogP contribution in [0.1, 0.15) is 17.5 Å². The van der Waals surface area contributed by atoms with Gasteiger partial charge in [-0.25, -0.2) is 5.48 Å². The second-order valence-electron chi connectivity index (χ2n) is 8.76. The molecule has 1 aromatic rings. The molecule has 3 rings (SSSR count). The van der Waals surface area contributed by atoms with Crippen molar-refractivity contribution >= 4 is 23.5 Å². The minimum Gasteiger partial charge on any atom is -0.368 e. The second kappa shape index (κ2) is 10.9. The number of guanidine groups is 1. The van der Waals surface area contributed by atoms with Crippen molar-refractivity contribution in [2.45, 2.75) is 13.3 Å². The minimum absolute atomic E-state index is 0.104. The smallest absolute Gasteiger partial charge is 0.249 e. The Hall–Kier alpha value is -3.83. The highest BCUT2D eigenvalue weighted by atomic mass is 16.5. The number of piperidine rings is 1. The zero-order valence-corrected chi connectivity index (χ0v) is 19.7. The van der Waals surface area contributed by atoms with Gasteiger partial charge in [0.05, 0.1) is 23.5 Å². The summed E-state index contributed by atoms with van der Waals surface area (Å²) in [6.45, 7) is 4.94. The number of nitrogens with one attached hydrogen (secondary N) is 1. The van der Waals surface area contributed by atoms with Gasteiger partial charge in [0.25, 0.3) is 0 Å². The van der Waals surface area contributed by atoms with E-state index in [0.717, 1.165) is 11.3 Å². The number of hydrogen-bond acceptors (Lipinski definition) is 7. The third kappa shape index (κ3) is 5.21. The third-order valence-electron chi connectivity index (χ3n) is 6.47. The van der Waals surface area contributed by atoms with Gasteiger partial charge in [0.15, 0.2) is 0 Å². The number of piperazine rings is 1. The lowest BCUT2D eigenvalue weighted by atomic mass is 9.83. The van der Waals surface area contributed by atoms with Crippen molar-refractivity contribution < 1.29 is 14.8 Å². The number of carbonyl (C=O) groups is 2. The number of carbonyl (C=O) groups excluding carboxylic acids is 2. The molecule has 11 heteroatoms. The van der Waals surface area contributed by atoms with E-state index in [4.69, 9.17) is 10.5 Å². The number of benzene rings is 1. The lowest BCUT2D eigenvalue weighted by Gasteiger charge is -2.43. The van der Waals surface area contributed by atoms with Gasteiger partial charge in [-0.15, -0.1) is 4.99 Å². The van der Waals surface area contributed by atoms with Gasteiger partial charge in [-0.2, -0.15) is 10.5 Å². The largest absolute Gasteiger partial charge is 0.368 e. The summed E-state index contributed by atoms with van der Waals surface area (Å²) < 4.78 is 0. The van der Waals surface area contributed by atoms with Crippen LogP contribution < -0.4 is 10.4 Å². The molecule has 180 valence electrons. The van der Waals surface area contributed by atoms with E-state index < -0.39 is 17.7 Å². The number of nitriles is 2. The summed E-state index contributed by atoms with van der Waals surface area (Å²) in [5.41, 5.74) is 4.38. The maximum atomic E-state index is 13.4. The maximum Gasteiger partial charge on any atom is 0.249 e. The Morgan fingerprint density at radius 2 is 1.82 bits per heavy atom. The summed E-state index contributed by atoms with van der Waals surface area (Å²) in [5.74, 6) is -1.65. The Morgan fingerprint density at radius 3 is 2.38 bits per heavy atom. The molecule has 0 unspecified atom stereocenters. The molecule has 2 saturated heterocycles. The van der Waals surface area contributed by atoms with Gasteiger partial charge in [-0.05, 0) is 37.1 Å². The average molecular weight is 467 g/mol. The van der Waals surface area contributed by atoms with Crippen LogP contribution >= 0.6 is 0 Å². The number of aryl methyl sites for hydroxylation is 1. The molecular formula is C23H30N8O3. The first-order valence-corrected chi connectivity index (χ1v) is 11.2. The highest BCUT2D eigenvalue weighted by molar-refractivity contribution is 5.89. The Morgan fingerprint density at radius 1 is 1.12 bits per heavy atom. The molecular weight excluding hydrogens is 436 g/mol. The van der Waals surface area contributed by atoms with E-state index in [1.807, 2.05) is 19.1 Å². The summed E-state index contributed by atoms with van der Waals surface area (Å²) >= 11 is 0. The fourth-order valence-corrected chi connectivity index (χ4v) is 4.76. The van der Waals surface area contributed by atoms with Crippen molar-refractivity contribution in [3.05, 3.63) is 29.3 Å². The predicted octanol–water partition coefficient (Wildman–Crippen LogP) is 0.357. The van der Waals surface area contributed by atoms with E-state index in [1.54, 1.807) is 46.5 Å². The van der Waals surface area contributed by atoms with Crippen LogP contribution in [0.25, 0.3) is 0 Å². The van der Waals surface area contributed by atoms with Crippen LogP contribution in [-0.2, 0) is 9.59 Å². The summed E-state index contributed by atoms with van der Waals surface area (Å²) in [7, 11) is 3.51. The third-order valence-corrected chi connectivity index (χ3v) is 6.47. The fourth-order valence-electron chi connectivity index (χ4n) is 4.76. The normalized spacial score (nSPS) is 20.9. The van der Waals surface area contributed by atoms with E-state index in [2.05, 4.69) is 16.0 Å². The molecule has 0 bridgehead atoms. The van der Waals surface area contributed by atoms with E-state index >= 15 is 0 Å². The Labute approximate surface area is 199 Å². The van der Waals surface area contributed by atoms with Crippen LogP contribution in [-0.4, -0.2) is 91.0 Å². The molecule has 0 spiro atoms. The van der Waals surface area contributed by atoms with Crippen LogP contribution in [0.4, 0.5) is 5.69 Å². The lowest BCUT2D eigenvalue weighted by molar-refractivity contribution is -0.147. The molecule has 2 amide bonds. The van der Waals surface area contributed by atoms with Crippen molar-refractivity contribution in [3.63, 3.8) is 0 Å². The summed E-state index contributed by atoms with van der Waals surface area (Å²) in [6, 6.07) is 7.74. The topological polar surface area (TPSA) is 139 Å². The molecule has 0 aromatic heterocycles. The van der Waals surface area contributed by atoms with Gasteiger partial charge in [0.1, 0.15) is 0 Å². The van der Waals surface area contributed by atoms with Crippen molar-refractivity contribution in [1.29, 1.82) is 10.5 Å². The number of amides is 2. The van der Waals surface area contributed by atoms with Gasteiger partial charge >= 0.3 is 0 Å². The number of hydrogen-bond donors (Lipinski definition) is 2. The quantitative estimate of drug-likeness (QED) is 0.214. The zero-order valence-electron chi connectivity index (χ0n) is 19.7. The van der Waals surface area contributed by atoms with Crippen molar-refractivity contribution in [2.75, 3.05) is 58.3 Å². The van der Waals surface area contributed by atoms with Gasteiger partial charge in [-0.1, -0.05) is 0 Å². The van der Waals surface area contributed by atoms with E-state index in [9.17, 15) is 14.8 Å². The summed E-state index contributed by atoms with van der Waals surface area (Å²) in [5, 5.41) is 27.4. The molecule has 34 heavy (non-hydrogen) atoms. The molecule has 1 aromatic carbocycles. The highest BCUT2D eigenvalue weighted by Crippen LogP contribution is 2.28. The molecule has 2 aliphatic heterocycles. The van der Waals surface area contributed by atoms with Crippen LogP contribution in [0, 0.1) is 41.5 Å². The Kier molecular flexibility index (Phi) is 7.92. The summed E-state index contributed by atoms with van der Waals surface area (Å²) in [4.78, 5) is 37.2. The fraction of sp³-hybridized carbons (Fsp3) is 0.522. The van der Waals surface area contributed by atoms with Gasteiger partial charge < -0.3 is 19.6 Å². The second-order valence-corrected chi connectivity index (χ2v) is 8.76. The van der Waals surface area contributed by atoms with Crippen LogP contribution in [0.2, 0.25) is 0 Å². The maximum absolute atomic E-state index is 13.4. The highest BCUT2D eigenvalue weighted by Gasteiger charge is 2.42. The van der Waals surface area contributed by atoms with E-state index in [-0.39, 0.29) is 12.5 Å². The molecule has 2 heterocycles. The van der Waals surface area contributed by atoms with E-state index in [0.29, 0.717) is 50.7 Å². The first kappa shape index (κ1) is 24.8. The van der Waals surface area contributed by atoms with Crippen LogP contribution in [0.3, 0.4) is 0 Å². The average Bonchev–Trinajstić information content (AvgIpc) is 2.85. The van der Waals surface area contributed by atoms with Gasteiger partial charge in [0.2, 0.25) is 24.0 Å².